The standard InChI is InChI=1S/C11H14O/c1-3-5-9-7-8-10(6-4-2)11(9)12/h3-6,11-12H,1-2,7-8H2. The molecule has 1 aliphatic rings. The van der Waals surface area contributed by atoms with Gasteiger partial charge in [0, 0.05) is 0 Å². The number of aliphatic hydroxyl groups is 1. The zero-order valence-corrected chi connectivity index (χ0v) is 7.16. The molecule has 64 valence electrons. The van der Waals surface area contributed by atoms with Crippen LogP contribution in [0.1, 0.15) is 12.8 Å². The summed E-state index contributed by atoms with van der Waals surface area (Å²) >= 11 is 0. The van der Waals surface area contributed by atoms with Gasteiger partial charge in [0.25, 0.3) is 0 Å². The molecule has 0 saturated heterocycles. The van der Waals surface area contributed by atoms with Crippen LogP contribution in [-0.2, 0) is 0 Å². The summed E-state index contributed by atoms with van der Waals surface area (Å²) in [6, 6.07) is 0. The van der Waals surface area contributed by atoms with E-state index in [9.17, 15) is 5.11 Å². The lowest BCUT2D eigenvalue weighted by Gasteiger charge is -2.04. The molecule has 0 aliphatic heterocycles. The van der Waals surface area contributed by atoms with Gasteiger partial charge in [-0.15, -0.1) is 0 Å². The van der Waals surface area contributed by atoms with E-state index in [4.69, 9.17) is 0 Å². The maximum Gasteiger partial charge on any atom is 0.0967 e. The van der Waals surface area contributed by atoms with Gasteiger partial charge in [0.05, 0.1) is 6.10 Å². The fraction of sp³-hybridized carbons (Fsp3) is 0.273. The molecule has 0 aromatic rings. The summed E-state index contributed by atoms with van der Waals surface area (Å²) in [7, 11) is 0. The first-order chi connectivity index (χ1) is 5.79. The summed E-state index contributed by atoms with van der Waals surface area (Å²) < 4.78 is 0. The predicted molar refractivity (Wildman–Crippen MR) is 51.8 cm³/mol. The summed E-state index contributed by atoms with van der Waals surface area (Å²) in [4.78, 5) is 0. The van der Waals surface area contributed by atoms with Crippen molar-refractivity contribution >= 4 is 0 Å². The Bertz CT molecular complexity index is 220. The van der Waals surface area contributed by atoms with E-state index in [0.29, 0.717) is 0 Å². The first-order valence-electron chi connectivity index (χ1n) is 4.10. The Morgan fingerprint density at radius 2 is 1.50 bits per heavy atom. The molecule has 1 rings (SSSR count). The molecule has 1 N–H and O–H groups in total. The second-order valence-electron chi connectivity index (χ2n) is 2.86. The van der Waals surface area contributed by atoms with Crippen molar-refractivity contribution in [1.29, 1.82) is 0 Å². The number of rotatable bonds is 2. The highest BCUT2D eigenvalue weighted by Gasteiger charge is 2.21. The normalized spacial score (nSPS) is 29.6. The van der Waals surface area contributed by atoms with Crippen molar-refractivity contribution in [2.24, 2.45) is 0 Å². The second kappa shape index (κ2) is 4.07. The van der Waals surface area contributed by atoms with E-state index in [1.807, 2.05) is 12.2 Å². The van der Waals surface area contributed by atoms with Crippen LogP contribution in [0, 0.1) is 0 Å². The van der Waals surface area contributed by atoms with Crippen LogP contribution in [0.2, 0.25) is 0 Å². The monoisotopic (exact) mass is 162 g/mol. The molecule has 1 aliphatic carbocycles. The highest BCUT2D eigenvalue weighted by Crippen LogP contribution is 2.29. The number of aliphatic hydroxyl groups excluding tert-OH is 1. The van der Waals surface area contributed by atoms with Crippen LogP contribution in [0.25, 0.3) is 0 Å². The van der Waals surface area contributed by atoms with Crippen molar-refractivity contribution < 1.29 is 5.11 Å². The van der Waals surface area contributed by atoms with Gasteiger partial charge in [-0.05, 0) is 24.0 Å². The van der Waals surface area contributed by atoms with Crippen molar-refractivity contribution in [3.63, 3.8) is 0 Å². The quantitative estimate of drug-likeness (QED) is 0.661. The van der Waals surface area contributed by atoms with Crippen LogP contribution in [0.5, 0.6) is 0 Å². The molecule has 0 aromatic carbocycles. The fourth-order valence-electron chi connectivity index (χ4n) is 1.45. The van der Waals surface area contributed by atoms with Gasteiger partial charge in [0.15, 0.2) is 0 Å². The minimum absolute atomic E-state index is 0.402. The van der Waals surface area contributed by atoms with Crippen LogP contribution in [0.15, 0.2) is 48.6 Å². The van der Waals surface area contributed by atoms with E-state index in [-0.39, 0.29) is 0 Å². The average Bonchev–Trinajstić information content (AvgIpc) is 2.38. The molecule has 1 nitrogen and oxygen atoms in total. The second-order valence-corrected chi connectivity index (χ2v) is 2.86. The highest BCUT2D eigenvalue weighted by molar-refractivity contribution is 5.34. The molecule has 1 heteroatoms. The van der Waals surface area contributed by atoms with Gasteiger partial charge in [-0.1, -0.05) is 37.5 Å². The van der Waals surface area contributed by atoms with E-state index >= 15 is 0 Å². The van der Waals surface area contributed by atoms with Crippen LogP contribution in [0.4, 0.5) is 0 Å². The molecule has 0 aromatic heterocycles. The molecule has 0 bridgehead atoms. The fourth-order valence-corrected chi connectivity index (χ4v) is 1.45. The highest BCUT2D eigenvalue weighted by atomic mass is 16.3. The first-order valence-corrected chi connectivity index (χ1v) is 4.10. The third-order valence-electron chi connectivity index (χ3n) is 2.07. The Labute approximate surface area is 73.4 Å². The smallest absolute Gasteiger partial charge is 0.0967 e. The van der Waals surface area contributed by atoms with E-state index in [0.717, 1.165) is 24.0 Å². The molecular weight excluding hydrogens is 148 g/mol. The SMILES string of the molecule is C=CC=C1CCC(=CC=C)C1O. The van der Waals surface area contributed by atoms with Gasteiger partial charge in [0.2, 0.25) is 0 Å². The molecule has 0 atom stereocenters. The van der Waals surface area contributed by atoms with Gasteiger partial charge >= 0.3 is 0 Å². The van der Waals surface area contributed by atoms with Crippen molar-refractivity contribution in [1.82, 2.24) is 0 Å². The van der Waals surface area contributed by atoms with Crippen LogP contribution in [0.3, 0.4) is 0 Å². The lowest BCUT2D eigenvalue weighted by atomic mass is 10.1. The Hall–Kier alpha value is -1.08. The molecule has 0 unspecified atom stereocenters. The summed E-state index contributed by atoms with van der Waals surface area (Å²) in [5.74, 6) is 0. The van der Waals surface area contributed by atoms with Gasteiger partial charge < -0.3 is 5.11 Å². The van der Waals surface area contributed by atoms with E-state index in [1.54, 1.807) is 12.2 Å². The number of allylic oxidation sites excluding steroid dienone is 4. The third-order valence-corrected chi connectivity index (χ3v) is 2.07. The van der Waals surface area contributed by atoms with Gasteiger partial charge in [-0.2, -0.15) is 0 Å². The Balaban J connectivity index is 2.79. The summed E-state index contributed by atoms with van der Waals surface area (Å²) in [5.41, 5.74) is 2.11. The molecular formula is C11H14O. The maximum atomic E-state index is 9.68. The molecule has 1 fully saturated rings. The minimum Gasteiger partial charge on any atom is -0.384 e. The van der Waals surface area contributed by atoms with E-state index in [1.165, 1.54) is 0 Å². The Morgan fingerprint density at radius 1 is 1.08 bits per heavy atom. The Morgan fingerprint density at radius 3 is 1.83 bits per heavy atom. The molecule has 12 heavy (non-hydrogen) atoms. The first kappa shape index (κ1) is 9.01. The largest absolute Gasteiger partial charge is 0.384 e. The third kappa shape index (κ3) is 1.74. The van der Waals surface area contributed by atoms with Crippen LogP contribution in [-0.4, -0.2) is 11.2 Å². The lowest BCUT2D eigenvalue weighted by molar-refractivity contribution is 0.255. The summed E-state index contributed by atoms with van der Waals surface area (Å²) in [6.07, 6.45) is 8.68. The summed E-state index contributed by atoms with van der Waals surface area (Å²) in [5, 5.41) is 9.68. The van der Waals surface area contributed by atoms with Crippen molar-refractivity contribution in [3.05, 3.63) is 48.6 Å². The summed E-state index contributed by atoms with van der Waals surface area (Å²) in [6.45, 7) is 7.21. The maximum absolute atomic E-state index is 9.68. The van der Waals surface area contributed by atoms with Crippen molar-refractivity contribution in [2.75, 3.05) is 0 Å². The van der Waals surface area contributed by atoms with Crippen molar-refractivity contribution in [3.8, 4) is 0 Å². The molecule has 0 radical (unpaired) electrons. The number of hydrogen-bond acceptors (Lipinski definition) is 1. The van der Waals surface area contributed by atoms with Gasteiger partial charge in [0.1, 0.15) is 0 Å². The minimum atomic E-state index is -0.402. The molecule has 0 amide bonds. The average molecular weight is 162 g/mol. The van der Waals surface area contributed by atoms with Gasteiger partial charge in [-0.3, -0.25) is 0 Å². The van der Waals surface area contributed by atoms with Crippen molar-refractivity contribution in [2.45, 2.75) is 18.9 Å². The topological polar surface area (TPSA) is 20.2 Å². The van der Waals surface area contributed by atoms with Crippen LogP contribution >= 0.6 is 0 Å². The lowest BCUT2D eigenvalue weighted by Crippen LogP contribution is -2.04. The predicted octanol–water partition coefficient (Wildman–Crippen LogP) is 2.37. The van der Waals surface area contributed by atoms with E-state index in [2.05, 4.69) is 13.2 Å². The molecule has 1 saturated carbocycles. The van der Waals surface area contributed by atoms with Crippen LogP contribution < -0.4 is 0 Å². The molecule has 0 heterocycles. The zero-order valence-electron chi connectivity index (χ0n) is 7.16. The molecule has 0 spiro atoms. The van der Waals surface area contributed by atoms with Gasteiger partial charge in [-0.25, -0.2) is 0 Å². The number of hydrogen-bond donors (Lipinski definition) is 1. The zero-order chi connectivity index (χ0) is 8.97. The van der Waals surface area contributed by atoms with E-state index < -0.39 is 6.10 Å². The Kier molecular flexibility index (Phi) is 3.06.